The lowest BCUT2D eigenvalue weighted by Crippen LogP contribution is -1.71. The first-order chi connectivity index (χ1) is 3.93. The van der Waals surface area contributed by atoms with Crippen molar-refractivity contribution in [3.8, 4) is 12.3 Å². The van der Waals surface area contributed by atoms with E-state index in [-0.39, 0.29) is 0 Å². The molecule has 0 aromatic rings. The molecule has 1 radical (unpaired) electrons. The van der Waals surface area contributed by atoms with Crippen molar-refractivity contribution in [3.05, 3.63) is 18.1 Å². The van der Waals surface area contributed by atoms with Crippen LogP contribution >= 0.6 is 0 Å². The standard InChI is InChI=1S/C8H9/c1-2-5-8-6-3-4-7-8/h1,3,6H,4-5,7H2. The van der Waals surface area contributed by atoms with Crippen LogP contribution in [0.25, 0.3) is 0 Å². The van der Waals surface area contributed by atoms with Gasteiger partial charge in [-0.15, -0.1) is 12.3 Å². The largest absolute Gasteiger partial charge is 0.120 e. The summed E-state index contributed by atoms with van der Waals surface area (Å²) < 4.78 is 0. The molecule has 0 heteroatoms. The maximum atomic E-state index is 5.10. The normalized spacial score (nSPS) is 17.6. The molecule has 0 bridgehead atoms. The van der Waals surface area contributed by atoms with Crippen LogP contribution in [0.1, 0.15) is 19.3 Å². The van der Waals surface area contributed by atoms with E-state index in [1.54, 1.807) is 0 Å². The first kappa shape index (κ1) is 5.44. The quantitative estimate of drug-likeness (QED) is 0.447. The summed E-state index contributed by atoms with van der Waals surface area (Å²) in [6, 6.07) is 0. The lowest BCUT2D eigenvalue weighted by atomic mass is 10.2. The minimum Gasteiger partial charge on any atom is -0.120 e. The molecule has 0 unspecified atom stereocenters. The van der Waals surface area contributed by atoms with Crippen LogP contribution in [0.5, 0.6) is 0 Å². The third-order valence-corrected chi connectivity index (χ3v) is 1.31. The summed E-state index contributed by atoms with van der Waals surface area (Å²) in [5.41, 5.74) is 1.41. The van der Waals surface area contributed by atoms with Crippen LogP contribution in [-0.4, -0.2) is 0 Å². The fraction of sp³-hybridized carbons (Fsp3) is 0.375. The Morgan fingerprint density at radius 1 is 1.75 bits per heavy atom. The Morgan fingerprint density at radius 2 is 2.62 bits per heavy atom. The highest BCUT2D eigenvalue weighted by Gasteiger charge is 2.00. The van der Waals surface area contributed by atoms with Crippen molar-refractivity contribution in [3.63, 3.8) is 0 Å². The number of allylic oxidation sites excluding steroid dienone is 2. The van der Waals surface area contributed by atoms with Gasteiger partial charge in [0.25, 0.3) is 0 Å². The van der Waals surface area contributed by atoms with Crippen molar-refractivity contribution in [2.24, 2.45) is 0 Å². The average Bonchev–Trinajstić information content (AvgIpc) is 2.19. The number of rotatable bonds is 1. The smallest absolute Gasteiger partial charge is 0.0296 e. The predicted molar refractivity (Wildman–Crippen MR) is 35.1 cm³/mol. The summed E-state index contributed by atoms with van der Waals surface area (Å²) in [6.07, 6.45) is 12.6. The van der Waals surface area contributed by atoms with Crippen LogP contribution < -0.4 is 0 Å². The van der Waals surface area contributed by atoms with Crippen molar-refractivity contribution in [2.75, 3.05) is 0 Å². The molecule has 0 amide bonds. The topological polar surface area (TPSA) is 0 Å². The SMILES string of the molecule is C#CCC1=C[CH]CC1. The van der Waals surface area contributed by atoms with Crippen LogP contribution in [0.4, 0.5) is 0 Å². The van der Waals surface area contributed by atoms with Crippen LogP contribution in [0.15, 0.2) is 11.6 Å². The second kappa shape index (κ2) is 2.57. The molecule has 41 valence electrons. The molecule has 1 aliphatic carbocycles. The van der Waals surface area contributed by atoms with E-state index in [1.807, 2.05) is 0 Å². The van der Waals surface area contributed by atoms with Crippen molar-refractivity contribution >= 4 is 0 Å². The van der Waals surface area contributed by atoms with Crippen LogP contribution in [-0.2, 0) is 0 Å². The third kappa shape index (κ3) is 1.13. The summed E-state index contributed by atoms with van der Waals surface area (Å²) >= 11 is 0. The van der Waals surface area contributed by atoms with Gasteiger partial charge in [0, 0.05) is 6.42 Å². The van der Waals surface area contributed by atoms with Crippen molar-refractivity contribution in [2.45, 2.75) is 19.3 Å². The highest BCUT2D eigenvalue weighted by Crippen LogP contribution is 2.18. The lowest BCUT2D eigenvalue weighted by Gasteiger charge is -1.88. The number of terminal acetylenes is 1. The maximum absolute atomic E-state index is 5.10. The van der Waals surface area contributed by atoms with Gasteiger partial charge in [0.2, 0.25) is 0 Å². The fourth-order valence-electron chi connectivity index (χ4n) is 0.880. The predicted octanol–water partition coefficient (Wildman–Crippen LogP) is 1.93. The number of hydrogen-bond acceptors (Lipinski definition) is 0. The summed E-state index contributed by atoms with van der Waals surface area (Å²) in [5.74, 6) is 2.62. The van der Waals surface area contributed by atoms with Crippen LogP contribution in [0.2, 0.25) is 0 Å². The van der Waals surface area contributed by atoms with E-state index in [1.165, 1.54) is 18.4 Å². The summed E-state index contributed by atoms with van der Waals surface area (Å²) in [4.78, 5) is 0. The second-order valence-electron chi connectivity index (χ2n) is 1.98. The van der Waals surface area contributed by atoms with Crippen molar-refractivity contribution in [1.29, 1.82) is 0 Å². The molecule has 8 heavy (non-hydrogen) atoms. The van der Waals surface area contributed by atoms with Crippen LogP contribution in [0.3, 0.4) is 0 Å². The fourth-order valence-corrected chi connectivity index (χ4v) is 0.880. The molecule has 1 rings (SSSR count). The highest BCUT2D eigenvalue weighted by molar-refractivity contribution is 5.19. The molecular weight excluding hydrogens is 96.1 g/mol. The molecule has 0 spiro atoms. The Morgan fingerprint density at radius 3 is 3.12 bits per heavy atom. The molecule has 0 aromatic carbocycles. The molecule has 0 atom stereocenters. The zero-order valence-corrected chi connectivity index (χ0v) is 4.85. The van der Waals surface area contributed by atoms with E-state index < -0.39 is 0 Å². The van der Waals surface area contributed by atoms with E-state index in [0.717, 1.165) is 6.42 Å². The first-order valence-electron chi connectivity index (χ1n) is 2.88. The molecule has 0 N–H and O–H groups in total. The molecule has 0 aromatic heterocycles. The summed E-state index contributed by atoms with van der Waals surface area (Å²) in [6.45, 7) is 0. The zero-order chi connectivity index (χ0) is 5.82. The Labute approximate surface area is 50.6 Å². The maximum Gasteiger partial charge on any atom is 0.0296 e. The molecule has 0 nitrogen and oxygen atoms in total. The van der Waals surface area contributed by atoms with Gasteiger partial charge in [-0.2, -0.15) is 0 Å². The van der Waals surface area contributed by atoms with Gasteiger partial charge in [0.15, 0.2) is 0 Å². The van der Waals surface area contributed by atoms with E-state index in [2.05, 4.69) is 18.4 Å². The first-order valence-corrected chi connectivity index (χ1v) is 2.88. The minimum atomic E-state index is 0.844. The Kier molecular flexibility index (Phi) is 1.75. The number of hydrogen-bond donors (Lipinski definition) is 0. The van der Waals surface area contributed by atoms with Crippen molar-refractivity contribution in [1.82, 2.24) is 0 Å². The second-order valence-corrected chi connectivity index (χ2v) is 1.98. The zero-order valence-electron chi connectivity index (χ0n) is 4.85. The van der Waals surface area contributed by atoms with Gasteiger partial charge in [-0.05, 0) is 19.3 Å². The molecule has 0 heterocycles. The summed E-state index contributed by atoms with van der Waals surface area (Å²) in [7, 11) is 0. The molecule has 0 fully saturated rings. The van der Waals surface area contributed by atoms with E-state index in [9.17, 15) is 0 Å². The summed E-state index contributed by atoms with van der Waals surface area (Å²) in [5, 5.41) is 0. The average molecular weight is 105 g/mol. The lowest BCUT2D eigenvalue weighted by molar-refractivity contribution is 0.981. The van der Waals surface area contributed by atoms with Crippen molar-refractivity contribution < 1.29 is 0 Å². The molecule has 0 saturated heterocycles. The molecule has 0 aliphatic heterocycles. The van der Waals surface area contributed by atoms with Crippen LogP contribution in [0, 0.1) is 18.8 Å². The van der Waals surface area contributed by atoms with Gasteiger partial charge >= 0.3 is 0 Å². The van der Waals surface area contributed by atoms with Gasteiger partial charge in [0.05, 0.1) is 0 Å². The van der Waals surface area contributed by atoms with Gasteiger partial charge in [-0.25, -0.2) is 0 Å². The Bertz CT molecular complexity index is 135. The Balaban J connectivity index is 2.36. The third-order valence-electron chi connectivity index (χ3n) is 1.31. The van der Waals surface area contributed by atoms with Gasteiger partial charge in [-0.3, -0.25) is 0 Å². The minimum absolute atomic E-state index is 0.844. The van der Waals surface area contributed by atoms with E-state index in [4.69, 9.17) is 6.42 Å². The van der Waals surface area contributed by atoms with E-state index in [0.29, 0.717) is 0 Å². The molecule has 1 aliphatic rings. The van der Waals surface area contributed by atoms with Gasteiger partial charge in [0.1, 0.15) is 0 Å². The van der Waals surface area contributed by atoms with Gasteiger partial charge in [-0.1, -0.05) is 11.6 Å². The highest BCUT2D eigenvalue weighted by atomic mass is 14.1. The van der Waals surface area contributed by atoms with Gasteiger partial charge < -0.3 is 0 Å². The molecular formula is C8H9. The monoisotopic (exact) mass is 105 g/mol. The molecule has 0 saturated carbocycles. The Hall–Kier alpha value is -0.700. The van der Waals surface area contributed by atoms with E-state index >= 15 is 0 Å².